The van der Waals surface area contributed by atoms with E-state index in [0.29, 0.717) is 30.3 Å². The molecule has 8 nitrogen and oxygen atoms in total. The molecule has 0 fully saturated rings. The van der Waals surface area contributed by atoms with Crippen molar-refractivity contribution in [2.45, 2.75) is 11.4 Å². The molecule has 11 heteroatoms. The highest BCUT2D eigenvalue weighted by atomic mass is 32.2. The summed E-state index contributed by atoms with van der Waals surface area (Å²) in [5.41, 5.74) is 3.57. The van der Waals surface area contributed by atoms with Crippen molar-refractivity contribution in [1.29, 1.82) is 0 Å². The number of rotatable bonds is 11. The summed E-state index contributed by atoms with van der Waals surface area (Å²) >= 11 is 3.05. The summed E-state index contributed by atoms with van der Waals surface area (Å²) in [6.07, 6.45) is 5.43. The van der Waals surface area contributed by atoms with Crippen LogP contribution in [0.2, 0.25) is 0 Å². The minimum absolute atomic E-state index is 0.0366. The molecule has 3 aromatic heterocycles. The Morgan fingerprint density at radius 3 is 2.61 bits per heavy atom. The fourth-order valence-corrected chi connectivity index (χ4v) is 5.48. The van der Waals surface area contributed by atoms with Crippen molar-refractivity contribution in [3.8, 4) is 22.1 Å². The van der Waals surface area contributed by atoms with Gasteiger partial charge in [0.25, 0.3) is 0 Å². The molecule has 0 saturated heterocycles. The third kappa shape index (κ3) is 7.39. The zero-order valence-corrected chi connectivity index (χ0v) is 24.1. The summed E-state index contributed by atoms with van der Waals surface area (Å²) in [7, 11) is 1.68. The van der Waals surface area contributed by atoms with Crippen LogP contribution in [0.4, 0.5) is 20.6 Å². The molecule has 0 aliphatic rings. The highest BCUT2D eigenvalue weighted by Gasteiger charge is 2.14. The standard InChI is InChI=1S/C30H28FN5O3S2/c1-38-13-12-32-17-19-6-8-24(34-18-19)28-16-25-29(41-28)27(10-11-33-25)39-26-9-7-21(15-23(26)31)36-30(37)35-20-4-3-5-22(14-20)40-2/h3-11,14-16,18,32H,12-13,17H2,1-2H3,(H2,35,36,37). The summed E-state index contributed by atoms with van der Waals surface area (Å²) in [6.45, 7) is 2.13. The van der Waals surface area contributed by atoms with Crippen LogP contribution in [0, 0.1) is 5.82 Å². The minimum atomic E-state index is -0.606. The molecule has 0 spiro atoms. The van der Waals surface area contributed by atoms with Crippen molar-refractivity contribution in [3.63, 3.8) is 0 Å². The van der Waals surface area contributed by atoms with Gasteiger partial charge in [0.2, 0.25) is 0 Å². The summed E-state index contributed by atoms with van der Waals surface area (Å²) < 4.78 is 26.8. The van der Waals surface area contributed by atoms with Crippen LogP contribution < -0.4 is 20.7 Å². The van der Waals surface area contributed by atoms with Crippen LogP contribution in [-0.2, 0) is 11.3 Å². The van der Waals surface area contributed by atoms with Gasteiger partial charge in [-0.25, -0.2) is 9.18 Å². The molecule has 3 N–H and O–H groups in total. The van der Waals surface area contributed by atoms with E-state index in [-0.39, 0.29) is 5.75 Å². The number of ether oxygens (including phenoxy) is 2. The monoisotopic (exact) mass is 589 g/mol. The first-order valence-electron chi connectivity index (χ1n) is 12.8. The second-order valence-electron chi connectivity index (χ2n) is 8.91. The first kappa shape index (κ1) is 28.5. The number of thioether (sulfide) groups is 1. The van der Waals surface area contributed by atoms with Crippen molar-refractivity contribution in [3.05, 3.63) is 90.5 Å². The average molecular weight is 590 g/mol. The molecule has 0 aliphatic heterocycles. The van der Waals surface area contributed by atoms with Crippen LogP contribution >= 0.6 is 23.1 Å². The van der Waals surface area contributed by atoms with Gasteiger partial charge in [-0.3, -0.25) is 9.97 Å². The Kier molecular flexibility index (Phi) is 9.42. The molecule has 2 aromatic carbocycles. The minimum Gasteiger partial charge on any atom is -0.453 e. The average Bonchev–Trinajstić information content (AvgIpc) is 3.42. The lowest BCUT2D eigenvalue weighted by molar-refractivity contribution is 0.199. The van der Waals surface area contributed by atoms with Gasteiger partial charge in [0.15, 0.2) is 11.6 Å². The van der Waals surface area contributed by atoms with E-state index in [2.05, 4.69) is 25.9 Å². The Morgan fingerprint density at radius 1 is 1.00 bits per heavy atom. The van der Waals surface area contributed by atoms with E-state index in [1.54, 1.807) is 43.3 Å². The van der Waals surface area contributed by atoms with E-state index in [1.165, 1.54) is 23.5 Å². The molecule has 5 rings (SSSR count). The molecule has 3 heterocycles. The van der Waals surface area contributed by atoms with Crippen LogP contribution in [0.3, 0.4) is 0 Å². The van der Waals surface area contributed by atoms with Crippen molar-refractivity contribution in [2.75, 3.05) is 37.2 Å². The van der Waals surface area contributed by atoms with E-state index in [4.69, 9.17) is 9.47 Å². The summed E-state index contributed by atoms with van der Waals surface area (Å²) in [4.78, 5) is 23.4. The maximum absolute atomic E-state index is 15.0. The highest BCUT2D eigenvalue weighted by Crippen LogP contribution is 2.39. The number of urea groups is 1. The Balaban J connectivity index is 1.26. The van der Waals surface area contributed by atoms with Crippen LogP contribution in [0.5, 0.6) is 11.5 Å². The lowest BCUT2D eigenvalue weighted by Gasteiger charge is -2.11. The number of hydrogen-bond donors (Lipinski definition) is 3. The molecule has 0 bridgehead atoms. The Labute approximate surface area is 245 Å². The third-order valence-electron chi connectivity index (χ3n) is 6.00. The number of hydrogen-bond acceptors (Lipinski definition) is 8. The molecule has 5 aromatic rings. The van der Waals surface area contributed by atoms with Gasteiger partial charge in [-0.1, -0.05) is 12.1 Å². The number of halogens is 1. The fraction of sp³-hybridized carbons (Fsp3) is 0.167. The van der Waals surface area contributed by atoms with Crippen LogP contribution in [-0.4, -0.2) is 42.5 Å². The number of pyridine rings is 2. The van der Waals surface area contributed by atoms with Gasteiger partial charge in [-0.05, 0) is 54.3 Å². The first-order chi connectivity index (χ1) is 20.0. The predicted octanol–water partition coefficient (Wildman–Crippen LogP) is 7.39. The number of nitrogens with one attached hydrogen (secondary N) is 3. The first-order valence-corrected chi connectivity index (χ1v) is 14.8. The lowest BCUT2D eigenvalue weighted by atomic mass is 10.2. The number of anilines is 2. The second-order valence-corrected chi connectivity index (χ2v) is 10.8. The Morgan fingerprint density at radius 2 is 1.85 bits per heavy atom. The zero-order valence-electron chi connectivity index (χ0n) is 22.4. The predicted molar refractivity (Wildman–Crippen MR) is 164 cm³/mol. The van der Waals surface area contributed by atoms with Crippen molar-refractivity contribution in [2.24, 2.45) is 0 Å². The number of benzene rings is 2. The quantitative estimate of drug-likeness (QED) is 0.109. The molecular formula is C30H28FN5O3S2. The van der Waals surface area contributed by atoms with Gasteiger partial charge in [-0.15, -0.1) is 23.1 Å². The van der Waals surface area contributed by atoms with Gasteiger partial charge in [0.1, 0.15) is 5.75 Å². The highest BCUT2D eigenvalue weighted by molar-refractivity contribution is 7.98. The molecule has 0 atom stereocenters. The molecule has 2 amide bonds. The van der Waals surface area contributed by atoms with E-state index >= 15 is 4.39 Å². The molecule has 0 aliphatic carbocycles. The fourth-order valence-electron chi connectivity index (χ4n) is 3.98. The van der Waals surface area contributed by atoms with E-state index in [0.717, 1.165) is 37.8 Å². The maximum Gasteiger partial charge on any atom is 0.323 e. The molecule has 0 saturated carbocycles. The zero-order chi connectivity index (χ0) is 28.6. The number of amides is 2. The van der Waals surface area contributed by atoms with Crippen LogP contribution in [0.25, 0.3) is 20.8 Å². The number of aromatic nitrogens is 2. The number of thiophene rings is 1. The van der Waals surface area contributed by atoms with E-state index < -0.39 is 11.8 Å². The summed E-state index contributed by atoms with van der Waals surface area (Å²) in [5.74, 6) is -0.0870. The number of fused-ring (bicyclic) bond motifs is 1. The topological polar surface area (TPSA) is 97.4 Å². The Bertz CT molecular complexity index is 1650. The lowest BCUT2D eigenvalue weighted by Crippen LogP contribution is -2.19. The van der Waals surface area contributed by atoms with Crippen molar-refractivity contribution < 1.29 is 18.7 Å². The van der Waals surface area contributed by atoms with Crippen LogP contribution in [0.15, 0.2) is 84.0 Å². The number of carbonyl (C=O) groups is 1. The maximum atomic E-state index is 15.0. The molecule has 210 valence electrons. The van der Waals surface area contributed by atoms with Crippen LogP contribution in [0.1, 0.15) is 5.56 Å². The van der Waals surface area contributed by atoms with Gasteiger partial charge in [0, 0.05) is 61.0 Å². The third-order valence-corrected chi connectivity index (χ3v) is 7.89. The largest absolute Gasteiger partial charge is 0.453 e. The molecule has 0 unspecified atom stereocenters. The second kappa shape index (κ2) is 13.6. The normalized spacial score (nSPS) is 11.0. The molecule has 0 radical (unpaired) electrons. The van der Waals surface area contributed by atoms with Gasteiger partial charge >= 0.3 is 6.03 Å². The van der Waals surface area contributed by atoms with Crippen molar-refractivity contribution >= 4 is 50.7 Å². The summed E-state index contributed by atoms with van der Waals surface area (Å²) in [5, 5.41) is 8.71. The van der Waals surface area contributed by atoms with E-state index in [1.807, 2.05) is 48.9 Å². The number of methoxy groups -OCH3 is 1. The summed E-state index contributed by atoms with van der Waals surface area (Å²) in [6, 6.07) is 18.9. The number of nitrogens with zero attached hydrogens (tertiary/aromatic N) is 2. The smallest absolute Gasteiger partial charge is 0.323 e. The molecule has 41 heavy (non-hydrogen) atoms. The SMILES string of the molecule is COCCNCc1ccc(-c2cc3nccc(Oc4ccc(NC(=O)Nc5cccc(SC)c5)cc4F)c3s2)nc1. The Hall–Kier alpha value is -4.03. The van der Waals surface area contributed by atoms with Gasteiger partial charge in [-0.2, -0.15) is 0 Å². The van der Waals surface area contributed by atoms with E-state index in [9.17, 15) is 4.79 Å². The van der Waals surface area contributed by atoms with Gasteiger partial charge in [0.05, 0.1) is 27.4 Å². The number of carbonyl (C=O) groups excluding carboxylic acids is 1. The van der Waals surface area contributed by atoms with Gasteiger partial charge < -0.3 is 25.4 Å². The van der Waals surface area contributed by atoms with Crippen molar-refractivity contribution in [1.82, 2.24) is 15.3 Å². The molecular weight excluding hydrogens is 561 g/mol.